The van der Waals surface area contributed by atoms with Gasteiger partial charge in [0.25, 0.3) is 0 Å². The highest BCUT2D eigenvalue weighted by molar-refractivity contribution is 6.10. The van der Waals surface area contributed by atoms with Gasteiger partial charge in [0.05, 0.1) is 7.85 Å². The first-order chi connectivity index (χ1) is 4.22. The van der Waals surface area contributed by atoms with Crippen molar-refractivity contribution in [3.05, 3.63) is 36.6 Å². The minimum absolute atomic E-state index is 0.0115. The van der Waals surface area contributed by atoms with Crippen molar-refractivity contribution in [3.63, 3.8) is 0 Å². The van der Waals surface area contributed by atoms with Crippen molar-refractivity contribution >= 4 is 7.85 Å². The maximum Gasteiger partial charge on any atom is 0.110 e. The quantitative estimate of drug-likeness (QED) is 0.341. The van der Waals surface area contributed by atoms with Gasteiger partial charge >= 0.3 is 0 Å². The second kappa shape index (κ2) is 4.01. The van der Waals surface area contributed by atoms with Crippen molar-refractivity contribution in [2.24, 2.45) is 0 Å². The summed E-state index contributed by atoms with van der Waals surface area (Å²) in [5, 5.41) is 8.75. The minimum atomic E-state index is 0.0115. The Labute approximate surface area is 56.8 Å². The van der Waals surface area contributed by atoms with E-state index in [1.807, 2.05) is 0 Å². The fraction of sp³-hybridized carbons (Fsp3) is 0.143. The molecule has 46 valence electrons. The molecule has 0 saturated heterocycles. The van der Waals surface area contributed by atoms with E-state index in [2.05, 4.69) is 13.2 Å². The Kier molecular flexibility index (Phi) is 3.61. The number of aliphatic hydroxyl groups excluding tert-OH is 1. The summed E-state index contributed by atoms with van der Waals surface area (Å²) in [6, 6.07) is 0. The van der Waals surface area contributed by atoms with Crippen LogP contribution in [0.4, 0.5) is 0 Å². The fourth-order valence-corrected chi connectivity index (χ4v) is 0.424. The lowest BCUT2D eigenvalue weighted by molar-refractivity contribution is 0.426. The molecule has 0 rings (SSSR count). The summed E-state index contributed by atoms with van der Waals surface area (Å²) in [6.45, 7) is 6.75. The van der Waals surface area contributed by atoms with Crippen LogP contribution in [-0.4, -0.2) is 13.0 Å². The van der Waals surface area contributed by atoms with Gasteiger partial charge in [0.2, 0.25) is 0 Å². The molecule has 0 aromatic carbocycles. The van der Waals surface area contributed by atoms with Crippen molar-refractivity contribution in [1.82, 2.24) is 0 Å². The average molecular weight is 120 g/mol. The van der Waals surface area contributed by atoms with Crippen molar-refractivity contribution in [2.45, 2.75) is 6.32 Å². The van der Waals surface area contributed by atoms with Gasteiger partial charge in [0.1, 0.15) is 5.76 Å². The van der Waals surface area contributed by atoms with E-state index in [-0.39, 0.29) is 5.76 Å². The van der Waals surface area contributed by atoms with Crippen molar-refractivity contribution < 1.29 is 5.11 Å². The van der Waals surface area contributed by atoms with Gasteiger partial charge in [-0.2, -0.15) is 0 Å². The van der Waals surface area contributed by atoms with Gasteiger partial charge in [0, 0.05) is 0 Å². The first kappa shape index (κ1) is 8.08. The van der Waals surface area contributed by atoms with Crippen LogP contribution in [0.1, 0.15) is 0 Å². The van der Waals surface area contributed by atoms with Crippen LogP contribution >= 0.6 is 0 Å². The molecule has 0 heterocycles. The summed E-state index contributed by atoms with van der Waals surface area (Å²) in [6.07, 6.45) is 3.48. The molecule has 1 N–H and O–H groups in total. The third kappa shape index (κ3) is 2.80. The molecular formula is C7H9BO. The molecule has 0 amide bonds. The molecule has 0 aliphatic rings. The molecule has 0 unspecified atom stereocenters. The summed E-state index contributed by atoms with van der Waals surface area (Å²) in [4.78, 5) is 0. The predicted octanol–water partition coefficient (Wildman–Crippen LogP) is 1.76. The smallest absolute Gasteiger partial charge is 0.110 e. The lowest BCUT2D eigenvalue weighted by Gasteiger charge is -1.97. The average Bonchev–Trinajstić information content (AvgIpc) is 1.82. The van der Waals surface area contributed by atoms with Gasteiger partial charge in [-0.1, -0.05) is 31.6 Å². The molecule has 0 aliphatic heterocycles. The van der Waals surface area contributed by atoms with E-state index in [4.69, 9.17) is 13.0 Å². The highest BCUT2D eigenvalue weighted by atomic mass is 16.3. The van der Waals surface area contributed by atoms with Crippen LogP contribution in [0, 0.1) is 0 Å². The molecule has 0 aliphatic carbocycles. The molecule has 0 fully saturated rings. The molecule has 0 aromatic heterocycles. The van der Waals surface area contributed by atoms with Crippen LogP contribution in [0.2, 0.25) is 6.32 Å². The molecule has 0 bridgehead atoms. The molecule has 9 heavy (non-hydrogen) atoms. The van der Waals surface area contributed by atoms with Crippen LogP contribution in [0.15, 0.2) is 36.6 Å². The minimum Gasteiger partial charge on any atom is -0.508 e. The number of allylic oxidation sites excluding steroid dienone is 3. The Balaban J connectivity index is 4.14. The van der Waals surface area contributed by atoms with Gasteiger partial charge in [-0.05, 0) is 5.57 Å². The fourth-order valence-electron chi connectivity index (χ4n) is 0.424. The number of rotatable bonds is 3. The van der Waals surface area contributed by atoms with E-state index in [1.165, 1.54) is 0 Å². The van der Waals surface area contributed by atoms with E-state index in [1.54, 1.807) is 12.2 Å². The van der Waals surface area contributed by atoms with E-state index in [9.17, 15) is 0 Å². The zero-order chi connectivity index (χ0) is 7.28. The lowest BCUT2D eigenvalue weighted by atomic mass is 9.95. The van der Waals surface area contributed by atoms with Gasteiger partial charge in [-0.15, -0.1) is 0 Å². The highest BCUT2D eigenvalue weighted by Crippen LogP contribution is 2.06. The van der Waals surface area contributed by atoms with Crippen LogP contribution in [-0.2, 0) is 0 Å². The Hall–Kier alpha value is -0.915. The number of hydrogen-bond donors (Lipinski definition) is 1. The summed E-state index contributed by atoms with van der Waals surface area (Å²) >= 11 is 0. The van der Waals surface area contributed by atoms with Gasteiger partial charge in [0.15, 0.2) is 0 Å². The van der Waals surface area contributed by atoms with Crippen molar-refractivity contribution in [3.8, 4) is 0 Å². The van der Waals surface area contributed by atoms with Crippen LogP contribution < -0.4 is 0 Å². The van der Waals surface area contributed by atoms with Crippen molar-refractivity contribution in [1.29, 1.82) is 0 Å². The monoisotopic (exact) mass is 120 g/mol. The second-order valence-electron chi connectivity index (χ2n) is 1.58. The molecular weight excluding hydrogens is 111 g/mol. The van der Waals surface area contributed by atoms with Crippen LogP contribution in [0.5, 0.6) is 0 Å². The van der Waals surface area contributed by atoms with Gasteiger partial charge in [-0.3, -0.25) is 0 Å². The summed E-state index contributed by atoms with van der Waals surface area (Å²) < 4.78 is 0. The summed E-state index contributed by atoms with van der Waals surface area (Å²) in [5.41, 5.74) is 0.616. The number of aliphatic hydroxyl groups is 1. The normalized spacial score (nSPS) is 10.9. The third-order valence-corrected chi connectivity index (χ3v) is 0.910. The Morgan fingerprint density at radius 3 is 2.33 bits per heavy atom. The van der Waals surface area contributed by atoms with E-state index >= 15 is 0 Å². The summed E-state index contributed by atoms with van der Waals surface area (Å²) in [7, 11) is 5.22. The molecule has 0 spiro atoms. The standard InChI is InChI=1S/C7H9BO/c1-3-4-7(5-8)6(2)9/h3-4,9H,1-2,5H2/b7-4-. The first-order valence-electron chi connectivity index (χ1n) is 2.62. The Bertz CT molecular complexity index is 147. The zero-order valence-corrected chi connectivity index (χ0v) is 5.30. The van der Waals surface area contributed by atoms with E-state index in [0.29, 0.717) is 11.9 Å². The topological polar surface area (TPSA) is 20.2 Å². The molecule has 1 nitrogen and oxygen atoms in total. The largest absolute Gasteiger partial charge is 0.508 e. The van der Waals surface area contributed by atoms with Crippen molar-refractivity contribution in [2.75, 3.05) is 0 Å². The highest BCUT2D eigenvalue weighted by Gasteiger charge is 1.92. The molecule has 0 aromatic rings. The maximum absolute atomic E-state index is 8.75. The Morgan fingerprint density at radius 2 is 2.22 bits per heavy atom. The molecule has 0 saturated carbocycles. The first-order valence-corrected chi connectivity index (χ1v) is 2.62. The molecule has 2 radical (unpaired) electrons. The SMILES string of the molecule is [B]C/C(=C/C=C)C(=C)O. The molecule has 0 atom stereocenters. The predicted molar refractivity (Wildman–Crippen MR) is 40.6 cm³/mol. The van der Waals surface area contributed by atoms with E-state index in [0.717, 1.165) is 0 Å². The summed E-state index contributed by atoms with van der Waals surface area (Å²) in [5.74, 6) is 0.0115. The zero-order valence-electron chi connectivity index (χ0n) is 5.30. The van der Waals surface area contributed by atoms with E-state index < -0.39 is 0 Å². The third-order valence-electron chi connectivity index (χ3n) is 0.910. The number of hydrogen-bond acceptors (Lipinski definition) is 1. The maximum atomic E-state index is 8.75. The van der Waals surface area contributed by atoms with Crippen LogP contribution in [0.3, 0.4) is 0 Å². The second-order valence-corrected chi connectivity index (χ2v) is 1.58. The van der Waals surface area contributed by atoms with Crippen LogP contribution in [0.25, 0.3) is 0 Å². The van der Waals surface area contributed by atoms with Gasteiger partial charge in [-0.25, -0.2) is 0 Å². The Morgan fingerprint density at radius 1 is 1.67 bits per heavy atom. The van der Waals surface area contributed by atoms with Gasteiger partial charge < -0.3 is 5.11 Å². The molecule has 2 heteroatoms. The lowest BCUT2D eigenvalue weighted by Crippen LogP contribution is -1.84.